The lowest BCUT2D eigenvalue weighted by Gasteiger charge is -2.15. The van der Waals surface area contributed by atoms with E-state index in [4.69, 9.17) is 11.6 Å². The van der Waals surface area contributed by atoms with E-state index >= 15 is 0 Å². The number of benzene rings is 1. The van der Waals surface area contributed by atoms with Crippen molar-refractivity contribution in [1.82, 2.24) is 5.32 Å². The maximum absolute atomic E-state index is 5.95. The molecule has 1 atom stereocenters. The maximum Gasteiger partial charge on any atom is 0.0417 e. The normalized spacial score (nSPS) is 12.7. The fourth-order valence-electron chi connectivity index (χ4n) is 1.52. The number of rotatable bonds is 7. The molecule has 0 saturated heterocycles. The largest absolute Gasteiger partial charge is 0.316 e. The highest BCUT2D eigenvalue weighted by molar-refractivity contribution is 7.99. The van der Waals surface area contributed by atoms with Gasteiger partial charge in [-0.1, -0.05) is 37.4 Å². The molecular weight excluding hydrogens is 238 g/mol. The van der Waals surface area contributed by atoms with Gasteiger partial charge in [-0.2, -0.15) is 0 Å². The fourth-order valence-corrected chi connectivity index (χ4v) is 2.88. The summed E-state index contributed by atoms with van der Waals surface area (Å²) in [6, 6.07) is 8.66. The van der Waals surface area contributed by atoms with Crippen LogP contribution in [0.1, 0.15) is 26.2 Å². The second-order valence-corrected chi connectivity index (χ2v) is 5.43. The van der Waals surface area contributed by atoms with Crippen LogP contribution in [0.4, 0.5) is 0 Å². The van der Waals surface area contributed by atoms with Gasteiger partial charge in [0.2, 0.25) is 0 Å². The van der Waals surface area contributed by atoms with Crippen LogP contribution in [0.15, 0.2) is 29.2 Å². The summed E-state index contributed by atoms with van der Waals surface area (Å²) in [5, 5.41) is 4.19. The minimum atomic E-state index is 0.601. The molecule has 0 heterocycles. The summed E-state index contributed by atoms with van der Waals surface area (Å²) >= 11 is 7.82. The van der Waals surface area contributed by atoms with E-state index in [1.165, 1.54) is 24.2 Å². The molecule has 0 radical (unpaired) electrons. The van der Waals surface area contributed by atoms with Gasteiger partial charge in [-0.05, 0) is 31.7 Å². The molecular formula is C13H20ClNS. The topological polar surface area (TPSA) is 12.0 Å². The van der Waals surface area contributed by atoms with Crippen LogP contribution in [-0.2, 0) is 0 Å². The quantitative estimate of drug-likeness (QED) is 0.735. The molecule has 1 N–H and O–H groups in total. The molecule has 0 spiro atoms. The SMILES string of the molecule is CCCCC(CSc1cccc(Cl)c1)NC. The molecule has 1 nitrogen and oxygen atoms in total. The second-order valence-electron chi connectivity index (χ2n) is 3.90. The summed E-state index contributed by atoms with van der Waals surface area (Å²) in [7, 11) is 2.04. The van der Waals surface area contributed by atoms with E-state index in [0.29, 0.717) is 6.04 Å². The molecule has 0 aliphatic rings. The van der Waals surface area contributed by atoms with Crippen molar-refractivity contribution in [1.29, 1.82) is 0 Å². The van der Waals surface area contributed by atoms with Crippen LogP contribution in [0.25, 0.3) is 0 Å². The average molecular weight is 258 g/mol. The zero-order valence-corrected chi connectivity index (χ0v) is 11.6. The Balaban J connectivity index is 2.37. The molecule has 0 aliphatic carbocycles. The van der Waals surface area contributed by atoms with Crippen molar-refractivity contribution in [3.05, 3.63) is 29.3 Å². The highest BCUT2D eigenvalue weighted by Crippen LogP contribution is 2.23. The smallest absolute Gasteiger partial charge is 0.0417 e. The van der Waals surface area contributed by atoms with Gasteiger partial charge in [-0.25, -0.2) is 0 Å². The van der Waals surface area contributed by atoms with Gasteiger partial charge in [0, 0.05) is 21.7 Å². The van der Waals surface area contributed by atoms with Crippen molar-refractivity contribution >= 4 is 23.4 Å². The zero-order chi connectivity index (χ0) is 11.8. The number of hydrogen-bond donors (Lipinski definition) is 1. The van der Waals surface area contributed by atoms with Crippen molar-refractivity contribution in [2.45, 2.75) is 37.1 Å². The summed E-state index contributed by atoms with van der Waals surface area (Å²) in [5.41, 5.74) is 0. The third-order valence-electron chi connectivity index (χ3n) is 2.56. The van der Waals surface area contributed by atoms with Crippen molar-refractivity contribution in [3.63, 3.8) is 0 Å². The third-order valence-corrected chi connectivity index (χ3v) is 3.95. The standard InChI is InChI=1S/C13H20ClNS/c1-3-4-7-12(15-2)10-16-13-8-5-6-11(14)9-13/h5-6,8-9,12,15H,3-4,7,10H2,1-2H3. The van der Waals surface area contributed by atoms with E-state index in [0.717, 1.165) is 10.8 Å². The molecule has 1 aromatic carbocycles. The number of unbranched alkanes of at least 4 members (excludes halogenated alkanes) is 1. The Morgan fingerprint density at radius 1 is 1.44 bits per heavy atom. The monoisotopic (exact) mass is 257 g/mol. The Kier molecular flexibility index (Phi) is 6.93. The van der Waals surface area contributed by atoms with Crippen molar-refractivity contribution in [3.8, 4) is 0 Å². The molecule has 1 unspecified atom stereocenters. The average Bonchev–Trinajstić information content (AvgIpc) is 2.29. The Morgan fingerprint density at radius 3 is 2.88 bits per heavy atom. The molecule has 1 aromatic rings. The molecule has 1 rings (SSSR count). The van der Waals surface area contributed by atoms with Gasteiger partial charge in [0.25, 0.3) is 0 Å². The van der Waals surface area contributed by atoms with Crippen LogP contribution in [0.2, 0.25) is 5.02 Å². The van der Waals surface area contributed by atoms with E-state index < -0.39 is 0 Å². The number of nitrogens with one attached hydrogen (secondary N) is 1. The summed E-state index contributed by atoms with van der Waals surface area (Å²) in [4.78, 5) is 1.25. The first-order chi connectivity index (χ1) is 7.76. The number of halogens is 1. The Morgan fingerprint density at radius 2 is 2.25 bits per heavy atom. The van der Waals surface area contributed by atoms with Gasteiger partial charge >= 0.3 is 0 Å². The van der Waals surface area contributed by atoms with Crippen LogP contribution < -0.4 is 5.32 Å². The van der Waals surface area contributed by atoms with Gasteiger partial charge in [0.15, 0.2) is 0 Å². The predicted octanol–water partition coefficient (Wildman–Crippen LogP) is 4.21. The number of thioether (sulfide) groups is 1. The first-order valence-electron chi connectivity index (χ1n) is 5.82. The highest BCUT2D eigenvalue weighted by atomic mass is 35.5. The van der Waals surface area contributed by atoms with Crippen LogP contribution in [0.5, 0.6) is 0 Å². The van der Waals surface area contributed by atoms with Crippen LogP contribution >= 0.6 is 23.4 Å². The molecule has 0 saturated carbocycles. The maximum atomic E-state index is 5.95. The summed E-state index contributed by atoms with van der Waals surface area (Å²) < 4.78 is 0. The van der Waals surface area contributed by atoms with E-state index in [1.54, 1.807) is 0 Å². The number of hydrogen-bond acceptors (Lipinski definition) is 2. The van der Waals surface area contributed by atoms with Gasteiger partial charge in [-0.15, -0.1) is 11.8 Å². The molecule has 0 fully saturated rings. The minimum Gasteiger partial charge on any atom is -0.316 e. The lowest BCUT2D eigenvalue weighted by atomic mass is 10.1. The molecule has 3 heteroatoms. The van der Waals surface area contributed by atoms with Crippen LogP contribution in [0, 0.1) is 0 Å². The molecule has 0 bridgehead atoms. The van der Waals surface area contributed by atoms with Gasteiger partial charge in [0.1, 0.15) is 0 Å². The summed E-state index contributed by atoms with van der Waals surface area (Å²) in [5.74, 6) is 1.11. The van der Waals surface area contributed by atoms with Gasteiger partial charge < -0.3 is 5.32 Å². The molecule has 0 aliphatic heterocycles. The van der Waals surface area contributed by atoms with E-state index in [-0.39, 0.29) is 0 Å². The summed E-state index contributed by atoms with van der Waals surface area (Å²) in [6.07, 6.45) is 3.81. The van der Waals surface area contributed by atoms with E-state index in [2.05, 4.69) is 18.3 Å². The second kappa shape index (κ2) is 7.99. The van der Waals surface area contributed by atoms with Gasteiger partial charge in [0.05, 0.1) is 0 Å². The van der Waals surface area contributed by atoms with Crippen LogP contribution in [0.3, 0.4) is 0 Å². The molecule has 0 amide bonds. The predicted molar refractivity (Wildman–Crippen MR) is 74.5 cm³/mol. The Bertz CT molecular complexity index is 304. The molecule has 90 valence electrons. The molecule has 16 heavy (non-hydrogen) atoms. The van der Waals surface area contributed by atoms with Crippen molar-refractivity contribution in [2.24, 2.45) is 0 Å². The van der Waals surface area contributed by atoms with E-state index in [1.807, 2.05) is 37.0 Å². The lowest BCUT2D eigenvalue weighted by Crippen LogP contribution is -2.27. The fraction of sp³-hybridized carbons (Fsp3) is 0.538. The highest BCUT2D eigenvalue weighted by Gasteiger charge is 2.06. The Labute approximate surface area is 108 Å². The third kappa shape index (κ3) is 5.24. The van der Waals surface area contributed by atoms with Gasteiger partial charge in [-0.3, -0.25) is 0 Å². The Hall–Kier alpha value is -0.180. The lowest BCUT2D eigenvalue weighted by molar-refractivity contribution is 0.544. The van der Waals surface area contributed by atoms with Crippen molar-refractivity contribution in [2.75, 3.05) is 12.8 Å². The molecule has 0 aromatic heterocycles. The zero-order valence-electron chi connectivity index (χ0n) is 10.0. The van der Waals surface area contributed by atoms with E-state index in [9.17, 15) is 0 Å². The minimum absolute atomic E-state index is 0.601. The van der Waals surface area contributed by atoms with Crippen molar-refractivity contribution < 1.29 is 0 Å². The summed E-state index contributed by atoms with van der Waals surface area (Å²) in [6.45, 7) is 2.23. The first-order valence-corrected chi connectivity index (χ1v) is 7.18. The van der Waals surface area contributed by atoms with Crippen LogP contribution in [-0.4, -0.2) is 18.8 Å². The first kappa shape index (κ1) is 13.9.